The Kier molecular flexibility index (Phi) is 3.24. The molecule has 0 fully saturated rings. The number of carboxylic acids is 1. The lowest BCUT2D eigenvalue weighted by atomic mass is 9.99. The van der Waals surface area contributed by atoms with Crippen LogP contribution in [0.2, 0.25) is 0 Å². The number of halogens is 1. The maximum Gasteiger partial charge on any atom is 0.331 e. The predicted octanol–water partition coefficient (Wildman–Crippen LogP) is 1.08. The lowest BCUT2D eigenvalue weighted by molar-refractivity contribution is -0.147. The second kappa shape index (κ2) is 4.71. The van der Waals surface area contributed by atoms with Gasteiger partial charge in [0.1, 0.15) is 11.5 Å². The van der Waals surface area contributed by atoms with Crippen LogP contribution in [0, 0.1) is 5.82 Å². The number of tetrazole rings is 1. The molecule has 7 nitrogen and oxygen atoms in total. The summed E-state index contributed by atoms with van der Waals surface area (Å²) < 4.78 is 14.0. The molecule has 1 atom stereocenters. The highest BCUT2D eigenvalue weighted by Gasteiger charge is 2.37. The van der Waals surface area contributed by atoms with Gasteiger partial charge in [-0.2, -0.15) is 0 Å². The van der Waals surface area contributed by atoms with Crippen LogP contribution in [0.15, 0.2) is 18.3 Å². The summed E-state index contributed by atoms with van der Waals surface area (Å²) in [4.78, 5) is 15.2. The minimum atomic E-state index is -1.28. The molecule has 0 aliphatic heterocycles. The molecule has 0 aromatic carbocycles. The summed E-state index contributed by atoms with van der Waals surface area (Å²) in [5.74, 6) is -1.35. The third kappa shape index (κ3) is 2.16. The number of hydrogen-bond acceptors (Lipinski definition) is 5. The summed E-state index contributed by atoms with van der Waals surface area (Å²) >= 11 is 0. The molecule has 100 valence electrons. The van der Waals surface area contributed by atoms with Crippen molar-refractivity contribution in [3.05, 3.63) is 24.1 Å². The number of carbonyl (C=O) groups is 1. The summed E-state index contributed by atoms with van der Waals surface area (Å²) in [6, 6.07) is 2.61. The first-order valence-electron chi connectivity index (χ1n) is 5.63. The topological polar surface area (TPSA) is 93.8 Å². The van der Waals surface area contributed by atoms with Crippen molar-refractivity contribution in [2.75, 3.05) is 0 Å². The summed E-state index contributed by atoms with van der Waals surface area (Å²) in [6.07, 6.45) is 1.32. The average Bonchev–Trinajstić information content (AvgIpc) is 2.88. The summed E-state index contributed by atoms with van der Waals surface area (Å²) in [7, 11) is 0. The Balaban J connectivity index is 2.54. The molecule has 2 rings (SSSR count). The molecular weight excluding hydrogens is 253 g/mol. The number of rotatable bonds is 4. The molecule has 0 spiro atoms. The van der Waals surface area contributed by atoms with Crippen molar-refractivity contribution in [3.8, 4) is 11.5 Å². The first-order valence-corrected chi connectivity index (χ1v) is 5.63. The second-order valence-corrected chi connectivity index (χ2v) is 4.21. The molecule has 0 saturated heterocycles. The van der Waals surface area contributed by atoms with E-state index in [-0.39, 0.29) is 5.82 Å². The molecule has 8 heteroatoms. The molecule has 0 amide bonds. The zero-order valence-electron chi connectivity index (χ0n) is 10.4. The van der Waals surface area contributed by atoms with E-state index in [9.17, 15) is 14.3 Å². The monoisotopic (exact) mass is 265 g/mol. The Morgan fingerprint density at radius 1 is 1.53 bits per heavy atom. The van der Waals surface area contributed by atoms with Gasteiger partial charge in [0.15, 0.2) is 5.54 Å². The fourth-order valence-electron chi connectivity index (χ4n) is 1.58. The maximum atomic E-state index is 12.8. The van der Waals surface area contributed by atoms with Crippen molar-refractivity contribution in [1.29, 1.82) is 0 Å². The molecular formula is C11H12FN5O2. The molecule has 2 heterocycles. The molecule has 2 aromatic heterocycles. The highest BCUT2D eigenvalue weighted by molar-refractivity contribution is 5.76. The van der Waals surface area contributed by atoms with Crippen molar-refractivity contribution < 1.29 is 14.3 Å². The van der Waals surface area contributed by atoms with Crippen LogP contribution in [0.25, 0.3) is 11.5 Å². The summed E-state index contributed by atoms with van der Waals surface area (Å²) in [6.45, 7) is 3.23. The van der Waals surface area contributed by atoms with Crippen molar-refractivity contribution in [3.63, 3.8) is 0 Å². The van der Waals surface area contributed by atoms with Crippen LogP contribution < -0.4 is 0 Å². The number of carboxylic acid groups (broad SMARTS) is 1. The fraction of sp³-hybridized carbons (Fsp3) is 0.364. The van der Waals surface area contributed by atoms with E-state index in [2.05, 4.69) is 20.5 Å². The Morgan fingerprint density at radius 2 is 2.26 bits per heavy atom. The van der Waals surface area contributed by atoms with Crippen LogP contribution in [0.3, 0.4) is 0 Å². The highest BCUT2D eigenvalue weighted by atomic mass is 19.1. The molecule has 0 saturated carbocycles. The van der Waals surface area contributed by atoms with Gasteiger partial charge in [0, 0.05) is 0 Å². The third-order valence-corrected chi connectivity index (χ3v) is 3.04. The first-order chi connectivity index (χ1) is 8.99. The fourth-order valence-corrected chi connectivity index (χ4v) is 1.58. The zero-order chi connectivity index (χ0) is 14.0. The smallest absolute Gasteiger partial charge is 0.331 e. The van der Waals surface area contributed by atoms with Gasteiger partial charge < -0.3 is 5.11 Å². The van der Waals surface area contributed by atoms with Gasteiger partial charge >= 0.3 is 5.97 Å². The van der Waals surface area contributed by atoms with E-state index >= 15 is 0 Å². The van der Waals surface area contributed by atoms with Gasteiger partial charge in [0.05, 0.1) is 6.20 Å². The van der Waals surface area contributed by atoms with E-state index in [1.54, 1.807) is 6.92 Å². The van der Waals surface area contributed by atoms with Crippen LogP contribution >= 0.6 is 0 Å². The Hall–Kier alpha value is -2.38. The van der Waals surface area contributed by atoms with Gasteiger partial charge in [-0.15, -0.1) is 5.10 Å². The van der Waals surface area contributed by atoms with Crippen LogP contribution in [-0.2, 0) is 10.3 Å². The number of aliphatic carboxylic acids is 1. The molecule has 0 aliphatic rings. The molecule has 2 aromatic rings. The van der Waals surface area contributed by atoms with Crippen molar-refractivity contribution in [2.45, 2.75) is 25.8 Å². The Morgan fingerprint density at radius 3 is 2.79 bits per heavy atom. The Bertz CT molecular complexity index is 597. The maximum absolute atomic E-state index is 12.8. The average molecular weight is 265 g/mol. The molecule has 0 bridgehead atoms. The lowest BCUT2D eigenvalue weighted by Gasteiger charge is -2.23. The van der Waals surface area contributed by atoms with Crippen LogP contribution in [0.4, 0.5) is 4.39 Å². The summed E-state index contributed by atoms with van der Waals surface area (Å²) in [5, 5.41) is 20.3. The lowest BCUT2D eigenvalue weighted by Crippen LogP contribution is -2.39. The van der Waals surface area contributed by atoms with Gasteiger partial charge in [0.2, 0.25) is 5.82 Å². The number of aromatic nitrogens is 5. The van der Waals surface area contributed by atoms with Gasteiger partial charge in [-0.1, -0.05) is 6.92 Å². The van der Waals surface area contributed by atoms with E-state index in [4.69, 9.17) is 0 Å². The Labute approximate surface area is 108 Å². The standard InChI is InChI=1S/C11H12FN5O2/c1-3-11(2,10(18)19)17-9(14-15-16-17)8-5-4-7(12)6-13-8/h4-6H,3H2,1-2H3,(H,18,19). The van der Waals surface area contributed by atoms with Crippen molar-refractivity contribution in [2.24, 2.45) is 0 Å². The van der Waals surface area contributed by atoms with Gasteiger partial charge in [0.25, 0.3) is 0 Å². The van der Waals surface area contributed by atoms with Gasteiger partial charge in [-0.25, -0.2) is 18.9 Å². The predicted molar refractivity (Wildman–Crippen MR) is 62.6 cm³/mol. The van der Waals surface area contributed by atoms with E-state index in [0.29, 0.717) is 12.1 Å². The SMILES string of the molecule is CCC(C)(C(=O)O)n1nnnc1-c1ccc(F)cn1. The number of nitrogens with zero attached hydrogens (tertiary/aromatic N) is 5. The molecule has 19 heavy (non-hydrogen) atoms. The van der Waals surface area contributed by atoms with E-state index in [1.165, 1.54) is 23.7 Å². The van der Waals surface area contributed by atoms with Gasteiger partial charge in [-0.3, -0.25) is 0 Å². The third-order valence-electron chi connectivity index (χ3n) is 3.04. The number of pyridine rings is 1. The van der Waals surface area contributed by atoms with Gasteiger partial charge in [-0.05, 0) is 35.9 Å². The van der Waals surface area contributed by atoms with Crippen LogP contribution in [-0.4, -0.2) is 36.3 Å². The highest BCUT2D eigenvalue weighted by Crippen LogP contribution is 2.25. The van der Waals surface area contributed by atoms with E-state index in [1.807, 2.05) is 0 Å². The van der Waals surface area contributed by atoms with Crippen LogP contribution in [0.5, 0.6) is 0 Å². The molecule has 0 radical (unpaired) electrons. The normalized spacial score (nSPS) is 14.1. The second-order valence-electron chi connectivity index (χ2n) is 4.21. The quantitative estimate of drug-likeness (QED) is 0.889. The minimum Gasteiger partial charge on any atom is -0.479 e. The zero-order valence-corrected chi connectivity index (χ0v) is 10.4. The number of hydrogen-bond donors (Lipinski definition) is 1. The molecule has 1 N–H and O–H groups in total. The van der Waals surface area contributed by atoms with E-state index in [0.717, 1.165) is 6.20 Å². The van der Waals surface area contributed by atoms with Crippen molar-refractivity contribution in [1.82, 2.24) is 25.2 Å². The minimum absolute atomic E-state index is 0.187. The van der Waals surface area contributed by atoms with Crippen LogP contribution in [0.1, 0.15) is 20.3 Å². The molecule has 0 aliphatic carbocycles. The molecule has 1 unspecified atom stereocenters. The first kappa shape index (κ1) is 13.1. The summed E-state index contributed by atoms with van der Waals surface area (Å²) in [5.41, 5.74) is -0.970. The van der Waals surface area contributed by atoms with Crippen molar-refractivity contribution >= 4 is 5.97 Å². The van der Waals surface area contributed by atoms with E-state index < -0.39 is 17.3 Å². The largest absolute Gasteiger partial charge is 0.479 e.